The Hall–Kier alpha value is -1.83. The van der Waals surface area contributed by atoms with Crippen molar-refractivity contribution in [2.24, 2.45) is 5.16 Å². The monoisotopic (exact) mass is 197 g/mol. The third kappa shape index (κ3) is 1.22. The lowest BCUT2D eigenvalue weighted by molar-refractivity contribution is 0.127. The Labute approximate surface area is 88.2 Å². The van der Waals surface area contributed by atoms with E-state index in [1.54, 1.807) is 0 Å². The Morgan fingerprint density at radius 2 is 2.00 bits per heavy atom. The van der Waals surface area contributed by atoms with E-state index < -0.39 is 0 Å². The number of oxime groups is 1. The number of hydrogen-bond acceptors (Lipinski definition) is 2. The van der Waals surface area contributed by atoms with Crippen LogP contribution in [-0.4, -0.2) is 5.71 Å². The summed E-state index contributed by atoms with van der Waals surface area (Å²) in [5.41, 5.74) is 3.42. The van der Waals surface area contributed by atoms with Crippen LogP contribution in [0.15, 0.2) is 41.6 Å². The van der Waals surface area contributed by atoms with Crippen LogP contribution in [0.4, 0.5) is 0 Å². The van der Waals surface area contributed by atoms with E-state index in [2.05, 4.69) is 41.6 Å². The highest BCUT2D eigenvalue weighted by molar-refractivity contribution is 6.04. The molecule has 0 saturated heterocycles. The Balaban J connectivity index is 2.39. The van der Waals surface area contributed by atoms with Crippen molar-refractivity contribution >= 4 is 16.5 Å². The summed E-state index contributed by atoms with van der Waals surface area (Å²) >= 11 is 0. The van der Waals surface area contributed by atoms with E-state index in [0.29, 0.717) is 6.61 Å². The molecule has 3 rings (SSSR count). The molecule has 2 nitrogen and oxygen atoms in total. The van der Waals surface area contributed by atoms with E-state index in [4.69, 9.17) is 4.84 Å². The highest BCUT2D eigenvalue weighted by atomic mass is 16.6. The Bertz CT molecular complexity index is 557. The van der Waals surface area contributed by atoms with Gasteiger partial charge >= 0.3 is 0 Å². The molecule has 0 unspecified atom stereocenters. The number of fused-ring (bicyclic) bond motifs is 3. The average molecular weight is 197 g/mol. The molecule has 2 aromatic carbocycles. The number of nitrogens with zero attached hydrogens (tertiary/aromatic N) is 1. The van der Waals surface area contributed by atoms with Crippen LogP contribution in [0.1, 0.15) is 18.1 Å². The van der Waals surface area contributed by atoms with Gasteiger partial charge in [0.25, 0.3) is 0 Å². The molecular weight excluding hydrogens is 186 g/mol. The van der Waals surface area contributed by atoms with Crippen molar-refractivity contribution in [2.45, 2.75) is 13.5 Å². The SMILES string of the molecule is CC1=NOCc2c1ccc1ccccc21. The molecule has 0 spiro atoms. The Morgan fingerprint density at radius 3 is 2.93 bits per heavy atom. The fourth-order valence-electron chi connectivity index (χ4n) is 2.07. The summed E-state index contributed by atoms with van der Waals surface area (Å²) in [5, 5.41) is 6.52. The summed E-state index contributed by atoms with van der Waals surface area (Å²) in [6, 6.07) is 12.6. The van der Waals surface area contributed by atoms with Gasteiger partial charge in [0.05, 0.1) is 5.71 Å². The molecule has 74 valence electrons. The molecule has 0 radical (unpaired) electrons. The van der Waals surface area contributed by atoms with Crippen LogP contribution in [0.3, 0.4) is 0 Å². The summed E-state index contributed by atoms with van der Waals surface area (Å²) in [6.07, 6.45) is 0. The van der Waals surface area contributed by atoms with E-state index in [0.717, 1.165) is 5.71 Å². The zero-order valence-electron chi connectivity index (χ0n) is 8.53. The molecule has 0 aromatic heterocycles. The van der Waals surface area contributed by atoms with E-state index in [9.17, 15) is 0 Å². The zero-order valence-corrected chi connectivity index (χ0v) is 8.53. The molecule has 0 N–H and O–H groups in total. The normalized spacial score (nSPS) is 14.3. The van der Waals surface area contributed by atoms with E-state index in [1.165, 1.54) is 21.9 Å². The predicted molar refractivity (Wildman–Crippen MR) is 60.9 cm³/mol. The van der Waals surface area contributed by atoms with E-state index >= 15 is 0 Å². The summed E-state index contributed by atoms with van der Waals surface area (Å²) in [7, 11) is 0. The smallest absolute Gasteiger partial charge is 0.143 e. The van der Waals surface area contributed by atoms with E-state index in [1.807, 2.05) is 6.92 Å². The first-order valence-electron chi connectivity index (χ1n) is 5.04. The quantitative estimate of drug-likeness (QED) is 0.636. The number of benzene rings is 2. The highest BCUT2D eigenvalue weighted by Gasteiger charge is 2.14. The van der Waals surface area contributed by atoms with Gasteiger partial charge in [-0.1, -0.05) is 41.6 Å². The van der Waals surface area contributed by atoms with Crippen LogP contribution >= 0.6 is 0 Å². The summed E-state index contributed by atoms with van der Waals surface area (Å²) in [6.45, 7) is 2.56. The largest absolute Gasteiger partial charge is 0.391 e. The van der Waals surface area contributed by atoms with Gasteiger partial charge in [-0.05, 0) is 17.7 Å². The first-order valence-corrected chi connectivity index (χ1v) is 5.04. The maximum absolute atomic E-state index is 5.20. The van der Waals surface area contributed by atoms with Crippen molar-refractivity contribution in [3.8, 4) is 0 Å². The standard InChI is InChI=1S/C13H11NO/c1-9-11-7-6-10-4-2-3-5-12(10)13(11)8-15-14-9/h2-7H,8H2,1H3. The fourth-order valence-corrected chi connectivity index (χ4v) is 2.07. The Kier molecular flexibility index (Phi) is 1.75. The first-order chi connectivity index (χ1) is 7.36. The average Bonchev–Trinajstić information content (AvgIpc) is 2.29. The van der Waals surface area contributed by atoms with Crippen molar-refractivity contribution in [3.05, 3.63) is 47.5 Å². The maximum atomic E-state index is 5.20. The lowest BCUT2D eigenvalue weighted by Crippen LogP contribution is -2.08. The lowest BCUT2D eigenvalue weighted by Gasteiger charge is -2.16. The van der Waals surface area contributed by atoms with Gasteiger partial charge in [-0.15, -0.1) is 0 Å². The van der Waals surface area contributed by atoms with Crippen molar-refractivity contribution in [1.29, 1.82) is 0 Å². The molecule has 1 aliphatic rings. The van der Waals surface area contributed by atoms with Gasteiger partial charge in [-0.3, -0.25) is 0 Å². The maximum Gasteiger partial charge on any atom is 0.143 e. The molecule has 2 aromatic rings. The molecule has 0 aliphatic carbocycles. The summed E-state index contributed by atoms with van der Waals surface area (Å²) < 4.78 is 0. The van der Waals surface area contributed by atoms with Gasteiger partial charge in [0.2, 0.25) is 0 Å². The molecule has 0 bridgehead atoms. The van der Waals surface area contributed by atoms with Gasteiger partial charge in [0.15, 0.2) is 0 Å². The second kappa shape index (κ2) is 3.09. The van der Waals surface area contributed by atoms with Crippen molar-refractivity contribution in [2.75, 3.05) is 0 Å². The van der Waals surface area contributed by atoms with Gasteiger partial charge in [0, 0.05) is 11.1 Å². The van der Waals surface area contributed by atoms with Crippen LogP contribution in [0.5, 0.6) is 0 Å². The number of rotatable bonds is 0. The van der Waals surface area contributed by atoms with Crippen molar-refractivity contribution in [1.82, 2.24) is 0 Å². The predicted octanol–water partition coefficient (Wildman–Crippen LogP) is 3.09. The minimum absolute atomic E-state index is 0.577. The van der Waals surface area contributed by atoms with Gasteiger partial charge in [0.1, 0.15) is 6.61 Å². The third-order valence-corrected chi connectivity index (χ3v) is 2.84. The molecule has 0 amide bonds. The molecule has 15 heavy (non-hydrogen) atoms. The second-order valence-corrected chi connectivity index (χ2v) is 3.76. The molecule has 1 aliphatic heterocycles. The third-order valence-electron chi connectivity index (χ3n) is 2.84. The molecule has 0 saturated carbocycles. The van der Waals surface area contributed by atoms with Gasteiger partial charge < -0.3 is 4.84 Å². The highest BCUT2D eigenvalue weighted by Crippen LogP contribution is 2.26. The molecule has 0 atom stereocenters. The topological polar surface area (TPSA) is 21.6 Å². The van der Waals surface area contributed by atoms with Crippen LogP contribution in [0, 0.1) is 0 Å². The minimum Gasteiger partial charge on any atom is -0.391 e. The molecule has 1 heterocycles. The van der Waals surface area contributed by atoms with Crippen LogP contribution in [0.25, 0.3) is 10.8 Å². The van der Waals surface area contributed by atoms with Gasteiger partial charge in [-0.2, -0.15) is 0 Å². The van der Waals surface area contributed by atoms with Crippen LogP contribution in [-0.2, 0) is 11.4 Å². The zero-order chi connectivity index (χ0) is 10.3. The van der Waals surface area contributed by atoms with Crippen LogP contribution < -0.4 is 0 Å². The van der Waals surface area contributed by atoms with Gasteiger partial charge in [-0.25, -0.2) is 0 Å². The molecule has 2 heteroatoms. The summed E-state index contributed by atoms with van der Waals surface area (Å²) in [5.74, 6) is 0. The van der Waals surface area contributed by atoms with Crippen LogP contribution in [0.2, 0.25) is 0 Å². The second-order valence-electron chi connectivity index (χ2n) is 3.76. The fraction of sp³-hybridized carbons (Fsp3) is 0.154. The first kappa shape index (κ1) is 8.48. The Morgan fingerprint density at radius 1 is 1.13 bits per heavy atom. The number of hydrogen-bond donors (Lipinski definition) is 0. The molecule has 0 fully saturated rings. The van der Waals surface area contributed by atoms with Crippen molar-refractivity contribution in [3.63, 3.8) is 0 Å². The minimum atomic E-state index is 0.577. The molecular formula is C13H11NO. The summed E-state index contributed by atoms with van der Waals surface area (Å²) in [4.78, 5) is 5.20. The van der Waals surface area contributed by atoms with E-state index in [-0.39, 0.29) is 0 Å². The van der Waals surface area contributed by atoms with Crippen molar-refractivity contribution < 1.29 is 4.84 Å². The lowest BCUT2D eigenvalue weighted by atomic mass is 9.96.